The highest BCUT2D eigenvalue weighted by molar-refractivity contribution is 5.47. The van der Waals surface area contributed by atoms with Crippen LogP contribution < -0.4 is 5.32 Å². The molecule has 0 bridgehead atoms. The third kappa shape index (κ3) is 2.36. The molecule has 0 saturated heterocycles. The number of pyridine rings is 1. The lowest BCUT2D eigenvalue weighted by atomic mass is 10.2. The fraction of sp³-hybridized carbons (Fsp3) is 0.364. The van der Waals surface area contributed by atoms with Gasteiger partial charge in [0.1, 0.15) is 5.69 Å². The van der Waals surface area contributed by atoms with Crippen LogP contribution in [0, 0.1) is 13.8 Å². The molecular weight excluding hydrogens is 202 g/mol. The lowest BCUT2D eigenvalue weighted by Gasteiger charge is -2.07. The van der Waals surface area contributed by atoms with Gasteiger partial charge in [0, 0.05) is 18.9 Å². The van der Waals surface area contributed by atoms with Gasteiger partial charge in [-0.25, -0.2) is 0 Å². The first kappa shape index (κ1) is 10.6. The summed E-state index contributed by atoms with van der Waals surface area (Å²) in [6, 6.07) is 4.03. The van der Waals surface area contributed by atoms with Crippen LogP contribution in [0.4, 0.5) is 5.69 Å². The van der Waals surface area contributed by atoms with E-state index in [-0.39, 0.29) is 0 Å². The number of aryl methyl sites for hydroxylation is 3. The van der Waals surface area contributed by atoms with Gasteiger partial charge in [-0.05, 0) is 26.0 Å². The molecule has 0 aromatic carbocycles. The molecule has 5 nitrogen and oxygen atoms in total. The van der Waals surface area contributed by atoms with Crippen LogP contribution in [-0.2, 0) is 13.6 Å². The Bertz CT molecular complexity index is 489. The predicted octanol–water partition coefficient (Wildman–Crippen LogP) is 1.44. The standard InChI is InChI=1S/C11H15N5/c1-8-4-5-11(9(2)13-8)12-6-10-7-16(3)15-14-10/h4-5,7,12H,6H2,1-3H3. The minimum Gasteiger partial charge on any atom is -0.378 e. The van der Waals surface area contributed by atoms with E-state index in [0.717, 1.165) is 22.8 Å². The van der Waals surface area contributed by atoms with E-state index >= 15 is 0 Å². The summed E-state index contributed by atoms with van der Waals surface area (Å²) in [6.07, 6.45) is 1.89. The van der Waals surface area contributed by atoms with E-state index < -0.39 is 0 Å². The van der Waals surface area contributed by atoms with E-state index in [0.29, 0.717) is 6.54 Å². The van der Waals surface area contributed by atoms with Gasteiger partial charge in [0.25, 0.3) is 0 Å². The van der Waals surface area contributed by atoms with E-state index in [4.69, 9.17) is 0 Å². The second-order valence-electron chi connectivity index (χ2n) is 3.82. The molecule has 0 unspecified atom stereocenters. The van der Waals surface area contributed by atoms with Crippen molar-refractivity contribution in [3.8, 4) is 0 Å². The lowest BCUT2D eigenvalue weighted by molar-refractivity contribution is 0.713. The Balaban J connectivity index is 2.04. The van der Waals surface area contributed by atoms with E-state index in [1.807, 2.05) is 39.2 Å². The van der Waals surface area contributed by atoms with Crippen LogP contribution in [0.25, 0.3) is 0 Å². The molecule has 0 fully saturated rings. The van der Waals surface area contributed by atoms with Crippen LogP contribution >= 0.6 is 0 Å². The Morgan fingerprint density at radius 2 is 2.12 bits per heavy atom. The highest BCUT2D eigenvalue weighted by Gasteiger charge is 2.01. The number of nitrogens with zero attached hydrogens (tertiary/aromatic N) is 4. The summed E-state index contributed by atoms with van der Waals surface area (Å²) in [4.78, 5) is 4.39. The van der Waals surface area contributed by atoms with Gasteiger partial charge in [-0.1, -0.05) is 5.21 Å². The smallest absolute Gasteiger partial charge is 0.102 e. The van der Waals surface area contributed by atoms with Gasteiger partial charge in [-0.3, -0.25) is 9.67 Å². The zero-order valence-electron chi connectivity index (χ0n) is 9.73. The van der Waals surface area contributed by atoms with Gasteiger partial charge in [0.2, 0.25) is 0 Å². The molecule has 0 atom stereocenters. The first-order chi connectivity index (χ1) is 7.65. The predicted molar refractivity (Wildman–Crippen MR) is 62.0 cm³/mol. The zero-order valence-corrected chi connectivity index (χ0v) is 9.73. The molecular formula is C11H15N5. The molecule has 0 aliphatic heterocycles. The Hall–Kier alpha value is -1.91. The first-order valence-electron chi connectivity index (χ1n) is 5.18. The summed E-state index contributed by atoms with van der Waals surface area (Å²) in [6.45, 7) is 4.64. The average molecular weight is 217 g/mol. The van der Waals surface area contributed by atoms with Crippen LogP contribution in [0.15, 0.2) is 18.3 Å². The average Bonchev–Trinajstić information content (AvgIpc) is 2.63. The Labute approximate surface area is 94.5 Å². The highest BCUT2D eigenvalue weighted by atomic mass is 15.4. The van der Waals surface area contributed by atoms with Gasteiger partial charge < -0.3 is 5.32 Å². The number of hydrogen-bond donors (Lipinski definition) is 1. The van der Waals surface area contributed by atoms with Crippen molar-refractivity contribution in [2.24, 2.45) is 7.05 Å². The van der Waals surface area contributed by atoms with Crippen molar-refractivity contribution in [2.45, 2.75) is 20.4 Å². The maximum atomic E-state index is 4.39. The molecule has 2 aromatic heterocycles. The van der Waals surface area contributed by atoms with E-state index in [2.05, 4.69) is 20.6 Å². The summed E-state index contributed by atoms with van der Waals surface area (Å²) in [7, 11) is 1.86. The van der Waals surface area contributed by atoms with Gasteiger partial charge in [0.15, 0.2) is 0 Å². The topological polar surface area (TPSA) is 55.6 Å². The summed E-state index contributed by atoms with van der Waals surface area (Å²) in [5.41, 5.74) is 3.99. The highest BCUT2D eigenvalue weighted by Crippen LogP contribution is 2.13. The van der Waals surface area contributed by atoms with E-state index in [1.54, 1.807) is 4.68 Å². The van der Waals surface area contributed by atoms with Gasteiger partial charge in [-0.2, -0.15) is 0 Å². The second-order valence-corrected chi connectivity index (χ2v) is 3.82. The number of anilines is 1. The van der Waals surface area contributed by atoms with E-state index in [1.165, 1.54) is 0 Å². The lowest BCUT2D eigenvalue weighted by Crippen LogP contribution is -2.02. The Morgan fingerprint density at radius 1 is 1.31 bits per heavy atom. The quantitative estimate of drug-likeness (QED) is 0.845. The third-order valence-electron chi connectivity index (χ3n) is 2.34. The fourth-order valence-corrected chi connectivity index (χ4v) is 1.54. The number of rotatable bonds is 3. The zero-order chi connectivity index (χ0) is 11.5. The molecule has 1 N–H and O–H groups in total. The van der Waals surface area contributed by atoms with Crippen LogP contribution in [-0.4, -0.2) is 20.0 Å². The maximum absolute atomic E-state index is 4.39. The molecule has 5 heteroatoms. The third-order valence-corrected chi connectivity index (χ3v) is 2.34. The molecule has 2 heterocycles. The summed E-state index contributed by atoms with van der Waals surface area (Å²) in [5, 5.41) is 11.2. The van der Waals surface area contributed by atoms with Gasteiger partial charge >= 0.3 is 0 Å². The number of nitrogens with one attached hydrogen (secondary N) is 1. The maximum Gasteiger partial charge on any atom is 0.102 e. The molecule has 0 aliphatic rings. The SMILES string of the molecule is Cc1ccc(NCc2cn(C)nn2)c(C)n1. The van der Waals surface area contributed by atoms with Crippen LogP contribution in [0.5, 0.6) is 0 Å². The monoisotopic (exact) mass is 217 g/mol. The second kappa shape index (κ2) is 4.30. The summed E-state index contributed by atoms with van der Waals surface area (Å²) < 4.78 is 1.69. The molecule has 2 aromatic rings. The van der Waals surface area contributed by atoms with Crippen molar-refractivity contribution in [1.29, 1.82) is 0 Å². The first-order valence-corrected chi connectivity index (χ1v) is 5.18. The van der Waals surface area contributed by atoms with Crippen molar-refractivity contribution in [3.05, 3.63) is 35.4 Å². The summed E-state index contributed by atoms with van der Waals surface area (Å²) >= 11 is 0. The van der Waals surface area contributed by atoms with Crippen LogP contribution in [0.1, 0.15) is 17.1 Å². The normalized spacial score (nSPS) is 10.4. The molecule has 84 valence electrons. The van der Waals surface area contributed by atoms with Crippen molar-refractivity contribution in [2.75, 3.05) is 5.32 Å². The molecule has 0 amide bonds. The minimum atomic E-state index is 0.666. The number of hydrogen-bond acceptors (Lipinski definition) is 4. The van der Waals surface area contributed by atoms with Crippen molar-refractivity contribution >= 4 is 5.69 Å². The van der Waals surface area contributed by atoms with Crippen LogP contribution in [0.2, 0.25) is 0 Å². The molecule has 0 saturated carbocycles. The minimum absolute atomic E-state index is 0.666. The van der Waals surface area contributed by atoms with Crippen molar-refractivity contribution in [1.82, 2.24) is 20.0 Å². The Morgan fingerprint density at radius 3 is 2.75 bits per heavy atom. The van der Waals surface area contributed by atoms with Crippen molar-refractivity contribution in [3.63, 3.8) is 0 Å². The van der Waals surface area contributed by atoms with Gasteiger partial charge in [-0.15, -0.1) is 5.10 Å². The molecule has 2 rings (SSSR count). The summed E-state index contributed by atoms with van der Waals surface area (Å²) in [5.74, 6) is 0. The van der Waals surface area contributed by atoms with Crippen LogP contribution in [0.3, 0.4) is 0 Å². The molecule has 16 heavy (non-hydrogen) atoms. The van der Waals surface area contributed by atoms with E-state index in [9.17, 15) is 0 Å². The Kier molecular flexibility index (Phi) is 2.85. The molecule has 0 spiro atoms. The molecule has 0 aliphatic carbocycles. The largest absolute Gasteiger partial charge is 0.378 e. The van der Waals surface area contributed by atoms with Gasteiger partial charge in [0.05, 0.1) is 17.9 Å². The molecule has 0 radical (unpaired) electrons. The number of aromatic nitrogens is 4. The van der Waals surface area contributed by atoms with Crippen molar-refractivity contribution < 1.29 is 0 Å². The fourth-order valence-electron chi connectivity index (χ4n) is 1.54.